The molecule has 1 aromatic heterocycles. The Morgan fingerprint density at radius 3 is 2.78 bits per heavy atom. The molecule has 0 N–H and O–H groups in total. The van der Waals surface area contributed by atoms with Crippen LogP contribution in [0.3, 0.4) is 0 Å². The van der Waals surface area contributed by atoms with Gasteiger partial charge in [-0.2, -0.15) is 0 Å². The van der Waals surface area contributed by atoms with E-state index in [4.69, 9.17) is 4.74 Å². The number of fused-ring (bicyclic) bond motifs is 3. The molecule has 5 rings (SSSR count). The van der Waals surface area contributed by atoms with E-state index >= 15 is 0 Å². The largest absolute Gasteiger partial charge is 0.370 e. The van der Waals surface area contributed by atoms with Crippen LogP contribution in [0, 0.1) is 0 Å². The lowest BCUT2D eigenvalue weighted by atomic mass is 9.99. The third kappa shape index (κ3) is 3.26. The molecule has 0 unspecified atom stereocenters. The fraction of sp³-hybridized carbons (Fsp3) is 0.550. The smallest absolute Gasteiger partial charge is 0.253 e. The lowest BCUT2D eigenvalue weighted by molar-refractivity contribution is -0.0605. The Bertz CT molecular complexity index is 812. The van der Waals surface area contributed by atoms with E-state index < -0.39 is 0 Å². The van der Waals surface area contributed by atoms with Crippen LogP contribution in [0.1, 0.15) is 46.9 Å². The molecule has 2 atom stereocenters. The summed E-state index contributed by atoms with van der Waals surface area (Å²) >= 11 is 0. The number of benzene rings is 1. The zero-order valence-electron chi connectivity index (χ0n) is 15.5. The average molecular weight is 367 g/mol. The molecular weight excluding hydrogens is 342 g/mol. The number of aromatic nitrogens is 3. The van der Waals surface area contributed by atoms with Crippen LogP contribution in [0.25, 0.3) is 0 Å². The van der Waals surface area contributed by atoms with Gasteiger partial charge in [0.25, 0.3) is 5.91 Å². The molecule has 2 fully saturated rings. The Labute approximate surface area is 158 Å². The van der Waals surface area contributed by atoms with Gasteiger partial charge < -0.3 is 9.64 Å². The van der Waals surface area contributed by atoms with Gasteiger partial charge in [-0.3, -0.25) is 9.69 Å². The minimum Gasteiger partial charge on any atom is -0.370 e. The van der Waals surface area contributed by atoms with Crippen LogP contribution < -0.4 is 0 Å². The third-order valence-electron chi connectivity index (χ3n) is 6.02. The number of carbonyl (C=O) groups is 1. The second-order valence-corrected chi connectivity index (χ2v) is 7.81. The summed E-state index contributed by atoms with van der Waals surface area (Å²) in [7, 11) is 0. The minimum absolute atomic E-state index is 0.0587. The summed E-state index contributed by atoms with van der Waals surface area (Å²) in [6, 6.07) is 8.19. The molecule has 3 aliphatic heterocycles. The molecule has 7 nitrogen and oxygen atoms in total. The summed E-state index contributed by atoms with van der Waals surface area (Å²) in [4.78, 5) is 17.4. The summed E-state index contributed by atoms with van der Waals surface area (Å²) < 4.78 is 7.87. The number of carbonyl (C=O) groups excluding carboxylic acids is 1. The maximum Gasteiger partial charge on any atom is 0.253 e. The van der Waals surface area contributed by atoms with E-state index in [0.29, 0.717) is 13.2 Å². The molecule has 0 saturated carbocycles. The molecule has 27 heavy (non-hydrogen) atoms. The van der Waals surface area contributed by atoms with Crippen molar-refractivity contribution in [2.75, 3.05) is 26.2 Å². The summed E-state index contributed by atoms with van der Waals surface area (Å²) in [5, 5.41) is 8.21. The highest BCUT2D eigenvalue weighted by atomic mass is 16.5. The van der Waals surface area contributed by atoms with E-state index in [0.717, 1.165) is 30.8 Å². The first-order chi connectivity index (χ1) is 13.3. The van der Waals surface area contributed by atoms with E-state index in [1.165, 1.54) is 31.5 Å². The number of ether oxygens (including phenoxy) is 1. The predicted octanol–water partition coefficient (Wildman–Crippen LogP) is 1.86. The first-order valence-corrected chi connectivity index (χ1v) is 9.89. The molecule has 1 amide bonds. The Kier molecular flexibility index (Phi) is 4.41. The van der Waals surface area contributed by atoms with Crippen LogP contribution >= 0.6 is 0 Å². The van der Waals surface area contributed by atoms with E-state index in [2.05, 4.69) is 27.3 Å². The van der Waals surface area contributed by atoms with Gasteiger partial charge in [0, 0.05) is 25.2 Å². The summed E-state index contributed by atoms with van der Waals surface area (Å²) in [5.74, 6) is 0.0911. The van der Waals surface area contributed by atoms with Gasteiger partial charge >= 0.3 is 0 Å². The van der Waals surface area contributed by atoms with Gasteiger partial charge in [-0.25, -0.2) is 4.68 Å². The first-order valence-electron chi connectivity index (χ1n) is 9.89. The molecular formula is C20H25N5O2. The molecule has 7 heteroatoms. The van der Waals surface area contributed by atoms with Crippen LogP contribution in [-0.4, -0.2) is 63.0 Å². The normalized spacial score (nSPS) is 25.3. The van der Waals surface area contributed by atoms with Crippen molar-refractivity contribution in [3.05, 3.63) is 47.3 Å². The molecule has 4 heterocycles. The number of likely N-dealkylation sites (tertiary alicyclic amines) is 2. The minimum atomic E-state index is 0.0587. The first kappa shape index (κ1) is 16.9. The molecule has 2 aromatic rings. The number of amides is 1. The van der Waals surface area contributed by atoms with Crippen molar-refractivity contribution >= 4 is 5.91 Å². The van der Waals surface area contributed by atoms with Crippen molar-refractivity contribution < 1.29 is 9.53 Å². The van der Waals surface area contributed by atoms with Crippen LogP contribution in [0.2, 0.25) is 0 Å². The van der Waals surface area contributed by atoms with Crippen molar-refractivity contribution in [1.29, 1.82) is 0 Å². The molecule has 3 aliphatic rings. The van der Waals surface area contributed by atoms with E-state index in [-0.39, 0.29) is 18.1 Å². The lowest BCUT2D eigenvalue weighted by Crippen LogP contribution is -2.49. The van der Waals surface area contributed by atoms with E-state index in [9.17, 15) is 4.79 Å². The number of nitrogens with zero attached hydrogens (tertiary/aromatic N) is 5. The zero-order valence-corrected chi connectivity index (χ0v) is 15.5. The van der Waals surface area contributed by atoms with Crippen molar-refractivity contribution in [3.63, 3.8) is 0 Å². The molecule has 142 valence electrons. The van der Waals surface area contributed by atoms with Gasteiger partial charge in [-0.15, -0.1) is 5.10 Å². The van der Waals surface area contributed by atoms with Gasteiger partial charge in [-0.1, -0.05) is 17.3 Å². The molecule has 1 aromatic carbocycles. The zero-order chi connectivity index (χ0) is 18.2. The average Bonchev–Trinajstić information content (AvgIpc) is 3.39. The van der Waals surface area contributed by atoms with Crippen LogP contribution in [0.15, 0.2) is 30.5 Å². The van der Waals surface area contributed by atoms with Gasteiger partial charge in [0.15, 0.2) is 0 Å². The van der Waals surface area contributed by atoms with Gasteiger partial charge in [-0.05, 0) is 50.0 Å². The highest BCUT2D eigenvalue weighted by Crippen LogP contribution is 2.30. The van der Waals surface area contributed by atoms with Crippen LogP contribution in [0.5, 0.6) is 0 Å². The van der Waals surface area contributed by atoms with Crippen LogP contribution in [0.4, 0.5) is 0 Å². The highest BCUT2D eigenvalue weighted by molar-refractivity contribution is 5.94. The van der Waals surface area contributed by atoms with E-state index in [1.54, 1.807) is 6.20 Å². The number of rotatable bonds is 3. The fourth-order valence-corrected chi connectivity index (χ4v) is 4.50. The third-order valence-corrected chi connectivity index (χ3v) is 6.02. The van der Waals surface area contributed by atoms with Crippen molar-refractivity contribution in [3.8, 4) is 0 Å². The molecule has 0 radical (unpaired) electrons. The topological polar surface area (TPSA) is 63.5 Å². The SMILES string of the molecule is O=C(c1ccc(CN2CCCC2)cc1)N1CC[C@H]2OCc3cnnn3[C@H]2C1. The maximum absolute atomic E-state index is 13.0. The Balaban J connectivity index is 1.27. The summed E-state index contributed by atoms with van der Waals surface area (Å²) in [6.45, 7) is 5.25. The van der Waals surface area contributed by atoms with Crippen molar-refractivity contribution in [2.24, 2.45) is 0 Å². The maximum atomic E-state index is 13.0. The molecule has 0 spiro atoms. The Morgan fingerprint density at radius 1 is 1.15 bits per heavy atom. The summed E-state index contributed by atoms with van der Waals surface area (Å²) in [6.07, 6.45) is 5.29. The second-order valence-electron chi connectivity index (χ2n) is 7.81. The second kappa shape index (κ2) is 7.05. The Morgan fingerprint density at radius 2 is 1.96 bits per heavy atom. The van der Waals surface area contributed by atoms with E-state index in [1.807, 2.05) is 21.7 Å². The van der Waals surface area contributed by atoms with Gasteiger partial charge in [0.05, 0.1) is 30.6 Å². The van der Waals surface area contributed by atoms with Crippen molar-refractivity contribution in [2.45, 2.75) is 44.6 Å². The monoisotopic (exact) mass is 367 g/mol. The standard InChI is InChI=1S/C20H25N5O2/c26-20(16-5-3-15(4-6-16)12-23-8-1-2-9-23)24-10-7-19-18(13-24)25-17(14-27-19)11-21-22-25/h3-6,11,18-19H,1-2,7-10,12-14H2/t18-,19+/m0/s1. The quantitative estimate of drug-likeness (QED) is 0.829. The van der Waals surface area contributed by atoms with Crippen LogP contribution in [-0.2, 0) is 17.9 Å². The molecule has 0 bridgehead atoms. The fourth-order valence-electron chi connectivity index (χ4n) is 4.50. The lowest BCUT2D eigenvalue weighted by Gasteiger charge is -2.41. The Hall–Kier alpha value is -2.25. The number of hydrogen-bond donors (Lipinski definition) is 0. The molecule has 2 saturated heterocycles. The highest BCUT2D eigenvalue weighted by Gasteiger charge is 2.38. The van der Waals surface area contributed by atoms with Gasteiger partial charge in [0.2, 0.25) is 0 Å². The van der Waals surface area contributed by atoms with Gasteiger partial charge in [0.1, 0.15) is 0 Å². The predicted molar refractivity (Wildman–Crippen MR) is 99.1 cm³/mol. The number of piperidine rings is 1. The van der Waals surface area contributed by atoms with Crippen molar-refractivity contribution in [1.82, 2.24) is 24.8 Å². The number of hydrogen-bond acceptors (Lipinski definition) is 5. The summed E-state index contributed by atoms with van der Waals surface area (Å²) in [5.41, 5.74) is 3.02. The molecule has 0 aliphatic carbocycles.